The Morgan fingerprint density at radius 2 is 2.00 bits per heavy atom. The Balaban J connectivity index is 1.96. The van der Waals surface area contributed by atoms with Gasteiger partial charge in [-0.3, -0.25) is 4.98 Å². The Kier molecular flexibility index (Phi) is 2.68. The van der Waals surface area contributed by atoms with E-state index in [1.54, 1.807) is 0 Å². The summed E-state index contributed by atoms with van der Waals surface area (Å²) in [6.45, 7) is 1.82. The van der Waals surface area contributed by atoms with E-state index in [0.29, 0.717) is 30.6 Å². The quantitative estimate of drug-likeness (QED) is 0.828. The van der Waals surface area contributed by atoms with Crippen molar-refractivity contribution in [2.45, 2.75) is 50.3 Å². The lowest BCUT2D eigenvalue weighted by Crippen LogP contribution is -2.48. The zero-order valence-corrected chi connectivity index (χ0v) is 10.9. The minimum Gasteiger partial charge on any atom is -0.383 e. The van der Waals surface area contributed by atoms with E-state index in [4.69, 9.17) is 0 Å². The maximum atomic E-state index is 13.1. The summed E-state index contributed by atoms with van der Waals surface area (Å²) in [7, 11) is 2.13. The smallest absolute Gasteiger partial charge is 0.141 e. The number of halogens is 1. The van der Waals surface area contributed by atoms with Gasteiger partial charge in [0.15, 0.2) is 0 Å². The first-order valence-electron chi connectivity index (χ1n) is 6.56. The lowest BCUT2D eigenvalue weighted by molar-refractivity contribution is -0.0529. The fraction of sp³-hybridized carbons (Fsp3) is 0.643. The van der Waals surface area contributed by atoms with E-state index in [0.717, 1.165) is 18.4 Å². The summed E-state index contributed by atoms with van der Waals surface area (Å²) < 4.78 is 13.1. The van der Waals surface area contributed by atoms with Crippen molar-refractivity contribution < 1.29 is 9.50 Å². The molecule has 2 fully saturated rings. The maximum Gasteiger partial charge on any atom is 0.141 e. The lowest BCUT2D eigenvalue weighted by Gasteiger charge is -2.42. The van der Waals surface area contributed by atoms with Crippen LogP contribution in [0.5, 0.6) is 0 Å². The van der Waals surface area contributed by atoms with Gasteiger partial charge in [0.25, 0.3) is 0 Å². The van der Waals surface area contributed by atoms with E-state index in [9.17, 15) is 9.50 Å². The van der Waals surface area contributed by atoms with Gasteiger partial charge in [-0.25, -0.2) is 4.39 Å². The molecule has 3 heterocycles. The van der Waals surface area contributed by atoms with Gasteiger partial charge in [0.1, 0.15) is 11.4 Å². The number of aliphatic hydroxyl groups is 1. The highest BCUT2D eigenvalue weighted by Gasteiger charge is 2.47. The normalized spacial score (nSPS) is 36.0. The number of rotatable bonds is 1. The van der Waals surface area contributed by atoms with E-state index >= 15 is 0 Å². The molecule has 2 unspecified atom stereocenters. The Bertz CT molecular complexity index is 463. The van der Waals surface area contributed by atoms with Gasteiger partial charge >= 0.3 is 0 Å². The maximum absolute atomic E-state index is 13.1. The van der Waals surface area contributed by atoms with Gasteiger partial charge in [-0.1, -0.05) is 0 Å². The minimum atomic E-state index is -0.879. The molecule has 0 amide bonds. The molecule has 18 heavy (non-hydrogen) atoms. The summed E-state index contributed by atoms with van der Waals surface area (Å²) in [4.78, 5) is 6.52. The van der Waals surface area contributed by atoms with Gasteiger partial charge in [-0.05, 0) is 51.3 Å². The van der Waals surface area contributed by atoms with Crippen molar-refractivity contribution >= 4 is 0 Å². The molecule has 1 aromatic heterocycles. The van der Waals surface area contributed by atoms with Gasteiger partial charge in [0.05, 0.1) is 11.9 Å². The van der Waals surface area contributed by atoms with Crippen molar-refractivity contribution in [3.63, 3.8) is 0 Å². The molecule has 0 radical (unpaired) electrons. The molecular weight excluding hydrogens is 231 g/mol. The summed E-state index contributed by atoms with van der Waals surface area (Å²) in [5.41, 5.74) is 0.534. The topological polar surface area (TPSA) is 36.4 Å². The summed E-state index contributed by atoms with van der Waals surface area (Å²) >= 11 is 0. The third kappa shape index (κ3) is 1.75. The highest BCUT2D eigenvalue weighted by molar-refractivity contribution is 5.26. The Morgan fingerprint density at radius 1 is 1.39 bits per heavy atom. The van der Waals surface area contributed by atoms with E-state index in [2.05, 4.69) is 16.9 Å². The molecule has 0 spiro atoms. The van der Waals surface area contributed by atoms with Crippen molar-refractivity contribution in [1.82, 2.24) is 9.88 Å². The second kappa shape index (κ2) is 4.00. The van der Waals surface area contributed by atoms with Crippen LogP contribution in [0.4, 0.5) is 4.39 Å². The average molecular weight is 250 g/mol. The summed E-state index contributed by atoms with van der Waals surface area (Å²) in [5.74, 6) is -0.337. The Morgan fingerprint density at radius 3 is 2.56 bits per heavy atom. The van der Waals surface area contributed by atoms with Crippen LogP contribution in [-0.4, -0.2) is 34.1 Å². The van der Waals surface area contributed by atoms with E-state index in [1.165, 1.54) is 12.3 Å². The van der Waals surface area contributed by atoms with Crippen molar-refractivity contribution in [1.29, 1.82) is 0 Å². The van der Waals surface area contributed by atoms with Crippen LogP contribution in [0, 0.1) is 12.7 Å². The van der Waals surface area contributed by atoms with Gasteiger partial charge in [0, 0.05) is 12.1 Å². The van der Waals surface area contributed by atoms with Crippen molar-refractivity contribution in [2.24, 2.45) is 0 Å². The first kappa shape index (κ1) is 12.1. The minimum absolute atomic E-state index is 0.337. The molecule has 0 aromatic carbocycles. The van der Waals surface area contributed by atoms with Gasteiger partial charge in [-0.15, -0.1) is 0 Å². The molecule has 2 saturated heterocycles. The summed E-state index contributed by atoms with van der Waals surface area (Å²) in [5, 5.41) is 10.9. The molecule has 3 rings (SSSR count). The predicted octanol–water partition coefficient (Wildman–Crippen LogP) is 1.97. The van der Waals surface area contributed by atoms with Crippen LogP contribution in [0.3, 0.4) is 0 Å². The fourth-order valence-corrected chi connectivity index (χ4v) is 3.67. The first-order chi connectivity index (χ1) is 8.49. The summed E-state index contributed by atoms with van der Waals surface area (Å²) in [6.07, 6.45) is 4.91. The molecule has 1 N–H and O–H groups in total. The standard InChI is InChI=1S/C14H19FN2O/c1-9-5-10(15)8-16-13(9)14(18)6-11-3-4-12(7-14)17(11)2/h5,8,11-12,18H,3-4,6-7H2,1-2H3. The van der Waals surface area contributed by atoms with Crippen LogP contribution < -0.4 is 0 Å². The number of pyridine rings is 1. The third-order valence-corrected chi connectivity index (χ3v) is 4.62. The number of hydrogen-bond donors (Lipinski definition) is 1. The Labute approximate surface area is 107 Å². The second-order valence-corrected chi connectivity index (χ2v) is 5.81. The fourth-order valence-electron chi connectivity index (χ4n) is 3.67. The molecule has 0 saturated carbocycles. The van der Waals surface area contributed by atoms with Crippen molar-refractivity contribution in [3.8, 4) is 0 Å². The molecule has 2 aliphatic heterocycles. The highest BCUT2D eigenvalue weighted by atomic mass is 19.1. The van der Waals surface area contributed by atoms with Crippen LogP contribution in [0.15, 0.2) is 12.3 Å². The first-order valence-corrected chi connectivity index (χ1v) is 6.56. The van der Waals surface area contributed by atoms with E-state index in [-0.39, 0.29) is 5.82 Å². The molecule has 3 nitrogen and oxygen atoms in total. The molecular formula is C14H19FN2O. The number of hydrogen-bond acceptors (Lipinski definition) is 3. The monoisotopic (exact) mass is 250 g/mol. The molecule has 2 atom stereocenters. The SMILES string of the molecule is Cc1cc(F)cnc1C1(O)CC2CCC(C1)N2C. The molecule has 98 valence electrons. The van der Waals surface area contributed by atoms with Gasteiger partial charge in [0.2, 0.25) is 0 Å². The zero-order valence-electron chi connectivity index (χ0n) is 10.9. The number of piperidine rings is 1. The summed E-state index contributed by atoms with van der Waals surface area (Å²) in [6, 6.07) is 2.32. The predicted molar refractivity (Wildman–Crippen MR) is 66.6 cm³/mol. The third-order valence-electron chi connectivity index (χ3n) is 4.62. The van der Waals surface area contributed by atoms with Crippen molar-refractivity contribution in [2.75, 3.05) is 7.05 Å². The van der Waals surface area contributed by atoms with Crippen LogP contribution in [0.1, 0.15) is 36.9 Å². The zero-order chi connectivity index (χ0) is 12.9. The van der Waals surface area contributed by atoms with Crippen molar-refractivity contribution in [3.05, 3.63) is 29.3 Å². The number of aromatic nitrogens is 1. The number of nitrogens with zero attached hydrogens (tertiary/aromatic N) is 2. The van der Waals surface area contributed by atoms with E-state index in [1.807, 2.05) is 6.92 Å². The van der Waals surface area contributed by atoms with Gasteiger partial charge in [-0.2, -0.15) is 0 Å². The molecule has 0 aliphatic carbocycles. The largest absolute Gasteiger partial charge is 0.383 e. The number of fused-ring (bicyclic) bond motifs is 2. The van der Waals surface area contributed by atoms with Crippen LogP contribution >= 0.6 is 0 Å². The number of aryl methyl sites for hydroxylation is 1. The average Bonchev–Trinajstić information content (AvgIpc) is 2.53. The Hall–Kier alpha value is -1.00. The second-order valence-electron chi connectivity index (χ2n) is 5.81. The van der Waals surface area contributed by atoms with Crippen LogP contribution in [0.25, 0.3) is 0 Å². The molecule has 1 aromatic rings. The van der Waals surface area contributed by atoms with E-state index < -0.39 is 5.60 Å². The van der Waals surface area contributed by atoms with Crippen LogP contribution in [-0.2, 0) is 5.60 Å². The lowest BCUT2D eigenvalue weighted by atomic mass is 9.82. The van der Waals surface area contributed by atoms with Crippen LogP contribution in [0.2, 0.25) is 0 Å². The molecule has 2 aliphatic rings. The molecule has 4 heteroatoms. The van der Waals surface area contributed by atoms with Gasteiger partial charge < -0.3 is 10.0 Å². The molecule has 2 bridgehead atoms. The highest BCUT2D eigenvalue weighted by Crippen LogP contribution is 2.44.